The van der Waals surface area contributed by atoms with Crippen LogP contribution in [0.4, 0.5) is 0 Å². The van der Waals surface area contributed by atoms with E-state index in [4.69, 9.17) is 25.5 Å². The second kappa shape index (κ2) is 11.0. The smallest absolute Gasteiger partial charge is 0.307 e. The molecule has 7 nitrogen and oxygen atoms in total. The van der Waals surface area contributed by atoms with Crippen molar-refractivity contribution < 1.29 is 18.7 Å². The largest absolute Gasteiger partial charge is 0.487 e. The highest BCUT2D eigenvalue weighted by Crippen LogP contribution is 2.28. The number of hydrogen-bond acceptors (Lipinski definition) is 5. The van der Waals surface area contributed by atoms with E-state index in [0.717, 1.165) is 5.69 Å². The molecular formula is C29H30ClN3O4. The number of aryl methyl sites for hydroxylation is 2. The van der Waals surface area contributed by atoms with Crippen LogP contribution in [0, 0.1) is 13.8 Å². The molecule has 192 valence electrons. The summed E-state index contributed by atoms with van der Waals surface area (Å²) in [5.41, 5.74) is 6.23. The molecule has 0 saturated heterocycles. The average Bonchev–Trinajstić information content (AvgIpc) is 3.45. The Hall–Kier alpha value is -3.97. The van der Waals surface area contributed by atoms with Gasteiger partial charge in [0.1, 0.15) is 29.5 Å². The summed E-state index contributed by atoms with van der Waals surface area (Å²) in [5.74, 6) is 1.48. The number of carbonyl (C=O) groups is 1. The molecule has 4 aromatic rings. The van der Waals surface area contributed by atoms with Crippen LogP contribution in [0.1, 0.15) is 54.0 Å². The predicted octanol–water partition coefficient (Wildman–Crippen LogP) is 6.86. The highest BCUT2D eigenvalue weighted by molar-refractivity contribution is 6.32. The summed E-state index contributed by atoms with van der Waals surface area (Å²) in [7, 11) is 0. The number of benzene rings is 2. The van der Waals surface area contributed by atoms with E-state index in [1.54, 1.807) is 30.3 Å². The Morgan fingerprint density at radius 1 is 1.03 bits per heavy atom. The van der Waals surface area contributed by atoms with E-state index in [0.29, 0.717) is 27.8 Å². The van der Waals surface area contributed by atoms with Gasteiger partial charge in [-0.2, -0.15) is 5.10 Å². The zero-order valence-electron chi connectivity index (χ0n) is 21.5. The molecular weight excluding hydrogens is 490 g/mol. The zero-order chi connectivity index (χ0) is 26.6. The fourth-order valence-electron chi connectivity index (χ4n) is 3.73. The molecule has 4 rings (SSSR count). The van der Waals surface area contributed by atoms with Gasteiger partial charge in [-0.05, 0) is 107 Å². The Balaban J connectivity index is 1.29. The van der Waals surface area contributed by atoms with E-state index in [9.17, 15) is 4.79 Å². The third kappa shape index (κ3) is 6.83. The quantitative estimate of drug-likeness (QED) is 0.204. The Kier molecular flexibility index (Phi) is 7.74. The van der Waals surface area contributed by atoms with Crippen LogP contribution < -0.4 is 14.9 Å². The fourth-order valence-corrected chi connectivity index (χ4v) is 3.96. The van der Waals surface area contributed by atoms with Crippen molar-refractivity contribution in [3.63, 3.8) is 0 Å². The molecule has 0 unspecified atom stereocenters. The molecule has 0 aliphatic heterocycles. The minimum atomic E-state index is -0.469. The van der Waals surface area contributed by atoms with Crippen LogP contribution in [-0.2, 0) is 6.61 Å². The maximum Gasteiger partial charge on any atom is 0.307 e. The van der Waals surface area contributed by atoms with E-state index in [1.807, 2.05) is 45.0 Å². The molecule has 0 aliphatic carbocycles. The Bertz CT molecular complexity index is 1390. The van der Waals surface area contributed by atoms with Gasteiger partial charge < -0.3 is 18.5 Å². The highest BCUT2D eigenvalue weighted by atomic mass is 35.5. The van der Waals surface area contributed by atoms with Gasteiger partial charge in [-0.15, -0.1) is 0 Å². The summed E-state index contributed by atoms with van der Waals surface area (Å²) in [6.07, 6.45) is 1.50. The molecule has 1 amide bonds. The van der Waals surface area contributed by atoms with Gasteiger partial charge in [0.15, 0.2) is 5.76 Å². The van der Waals surface area contributed by atoms with Crippen LogP contribution in [-0.4, -0.2) is 22.3 Å². The third-order valence-corrected chi connectivity index (χ3v) is 5.68. The van der Waals surface area contributed by atoms with Crippen LogP contribution in [0.25, 0.3) is 5.69 Å². The molecule has 0 fully saturated rings. The fraction of sp³-hybridized carbons (Fsp3) is 0.241. The van der Waals surface area contributed by atoms with Crippen molar-refractivity contribution in [2.24, 2.45) is 5.10 Å². The van der Waals surface area contributed by atoms with Gasteiger partial charge in [0.05, 0.1) is 11.2 Å². The first kappa shape index (κ1) is 26.1. The van der Waals surface area contributed by atoms with E-state index < -0.39 is 5.91 Å². The first-order chi connectivity index (χ1) is 17.6. The highest BCUT2D eigenvalue weighted by Gasteiger charge is 2.14. The first-order valence-corrected chi connectivity index (χ1v) is 12.3. The van der Waals surface area contributed by atoms with Gasteiger partial charge in [0, 0.05) is 17.1 Å². The van der Waals surface area contributed by atoms with Gasteiger partial charge in [-0.1, -0.05) is 11.6 Å². The van der Waals surface area contributed by atoms with Crippen LogP contribution in [0.15, 0.2) is 76.2 Å². The number of carbonyl (C=O) groups excluding carboxylic acids is 1. The number of nitrogens with one attached hydrogen (secondary N) is 1. The average molecular weight is 520 g/mol. The summed E-state index contributed by atoms with van der Waals surface area (Å²) in [4.78, 5) is 12.4. The number of nitrogens with zero attached hydrogens (tertiary/aromatic N) is 2. The standard InChI is InChI=1S/C29H30ClN3O4/c1-19-6-7-20(2)33(19)22-9-11-23(12-10-22)35-18-24-13-15-27(36-24)28(34)32-31-17-21-8-14-26(25(30)16-21)37-29(3,4)5/h6-17H,18H2,1-5H3,(H,32,34)/b31-17+. The van der Waals surface area contributed by atoms with E-state index in [2.05, 4.69) is 41.1 Å². The van der Waals surface area contributed by atoms with Crippen molar-refractivity contribution in [3.8, 4) is 17.2 Å². The van der Waals surface area contributed by atoms with Crippen molar-refractivity contribution in [1.29, 1.82) is 0 Å². The number of rotatable bonds is 8. The van der Waals surface area contributed by atoms with Gasteiger partial charge in [-0.25, -0.2) is 5.43 Å². The van der Waals surface area contributed by atoms with Crippen molar-refractivity contribution in [2.45, 2.75) is 46.8 Å². The number of furan rings is 1. The van der Waals surface area contributed by atoms with Crippen LogP contribution in [0.3, 0.4) is 0 Å². The minimum Gasteiger partial charge on any atom is -0.487 e. The lowest BCUT2D eigenvalue weighted by Crippen LogP contribution is -2.23. The molecule has 0 aliphatic rings. The lowest BCUT2D eigenvalue weighted by Gasteiger charge is -2.22. The van der Waals surface area contributed by atoms with E-state index in [-0.39, 0.29) is 18.0 Å². The zero-order valence-corrected chi connectivity index (χ0v) is 22.3. The second-order valence-electron chi connectivity index (χ2n) is 9.60. The maximum atomic E-state index is 12.4. The molecule has 2 heterocycles. The summed E-state index contributed by atoms with van der Waals surface area (Å²) >= 11 is 6.29. The van der Waals surface area contributed by atoms with E-state index >= 15 is 0 Å². The monoisotopic (exact) mass is 519 g/mol. The molecule has 0 radical (unpaired) electrons. The van der Waals surface area contributed by atoms with Crippen LogP contribution in [0.2, 0.25) is 5.02 Å². The number of amides is 1. The molecule has 2 aromatic carbocycles. The summed E-state index contributed by atoms with van der Waals surface area (Å²) < 4.78 is 19.4. The Labute approximate surface area is 221 Å². The van der Waals surface area contributed by atoms with Crippen LogP contribution >= 0.6 is 11.6 Å². The van der Waals surface area contributed by atoms with Gasteiger partial charge >= 0.3 is 5.91 Å². The topological polar surface area (TPSA) is 78.0 Å². The second-order valence-corrected chi connectivity index (χ2v) is 10.0. The molecule has 8 heteroatoms. The molecule has 0 saturated carbocycles. The summed E-state index contributed by atoms with van der Waals surface area (Å²) in [6, 6.07) is 20.6. The molecule has 0 atom stereocenters. The first-order valence-electron chi connectivity index (χ1n) is 11.9. The van der Waals surface area contributed by atoms with Gasteiger partial charge in [0.25, 0.3) is 0 Å². The summed E-state index contributed by atoms with van der Waals surface area (Å²) in [6.45, 7) is 10.2. The lowest BCUT2D eigenvalue weighted by atomic mass is 10.2. The summed E-state index contributed by atoms with van der Waals surface area (Å²) in [5, 5.41) is 4.45. The van der Waals surface area contributed by atoms with Crippen molar-refractivity contribution in [2.75, 3.05) is 0 Å². The Morgan fingerprint density at radius 3 is 2.38 bits per heavy atom. The van der Waals surface area contributed by atoms with Crippen LogP contribution in [0.5, 0.6) is 11.5 Å². The van der Waals surface area contributed by atoms with Crippen molar-refractivity contribution >= 4 is 23.7 Å². The Morgan fingerprint density at radius 2 is 1.73 bits per heavy atom. The minimum absolute atomic E-state index is 0.136. The van der Waals surface area contributed by atoms with Gasteiger partial charge in [-0.3, -0.25) is 4.79 Å². The molecule has 1 N–H and O–H groups in total. The number of ether oxygens (including phenoxy) is 2. The number of halogens is 1. The number of hydrogen-bond donors (Lipinski definition) is 1. The SMILES string of the molecule is Cc1ccc(C)n1-c1ccc(OCc2ccc(C(=O)N/N=C/c3ccc(OC(C)(C)C)c(Cl)c3)o2)cc1. The normalized spacial score (nSPS) is 11.6. The molecule has 2 aromatic heterocycles. The number of hydrazone groups is 1. The van der Waals surface area contributed by atoms with Crippen molar-refractivity contribution in [1.82, 2.24) is 9.99 Å². The van der Waals surface area contributed by atoms with Gasteiger partial charge in [0.2, 0.25) is 0 Å². The molecule has 0 bridgehead atoms. The van der Waals surface area contributed by atoms with Crippen molar-refractivity contribution in [3.05, 3.63) is 100 Å². The molecule has 0 spiro atoms. The van der Waals surface area contributed by atoms with E-state index in [1.165, 1.54) is 17.6 Å². The number of aromatic nitrogens is 1. The maximum absolute atomic E-state index is 12.4. The molecule has 37 heavy (non-hydrogen) atoms. The lowest BCUT2D eigenvalue weighted by molar-refractivity contribution is 0.0923. The third-order valence-electron chi connectivity index (χ3n) is 5.38. The predicted molar refractivity (Wildman–Crippen MR) is 145 cm³/mol.